The van der Waals surface area contributed by atoms with Crippen LogP contribution in [0.1, 0.15) is 56.3 Å². The van der Waals surface area contributed by atoms with Crippen molar-refractivity contribution in [2.45, 2.75) is 50.8 Å². The van der Waals surface area contributed by atoms with Crippen molar-refractivity contribution >= 4 is 15.8 Å². The average molecular weight is 311 g/mol. The van der Waals surface area contributed by atoms with E-state index in [1.165, 1.54) is 16.4 Å². The molecule has 21 heavy (non-hydrogen) atoms. The van der Waals surface area contributed by atoms with Crippen LogP contribution in [0.2, 0.25) is 0 Å². The minimum Gasteiger partial charge on any atom is -0.294 e. The number of Topliss-reactive ketones (excluding diaryl/α,β-unsaturated/α-hetero) is 1. The Morgan fingerprint density at radius 2 is 1.62 bits per heavy atom. The second kappa shape index (κ2) is 8.29. The van der Waals surface area contributed by atoms with E-state index in [0.29, 0.717) is 18.5 Å². The molecule has 0 unspecified atom stereocenters. The van der Waals surface area contributed by atoms with E-state index >= 15 is 0 Å². The van der Waals surface area contributed by atoms with Gasteiger partial charge in [-0.2, -0.15) is 0 Å². The summed E-state index contributed by atoms with van der Waals surface area (Å²) in [6.07, 6.45) is 4.13. The number of carbonyl (C=O) groups excluding carboxylic acids is 1. The lowest BCUT2D eigenvalue weighted by molar-refractivity contribution is 0.0979. The number of hydrogen-bond acceptors (Lipinski definition) is 3. The predicted molar refractivity (Wildman–Crippen MR) is 85.0 cm³/mol. The van der Waals surface area contributed by atoms with Gasteiger partial charge in [0.2, 0.25) is 10.0 Å². The zero-order valence-corrected chi connectivity index (χ0v) is 13.9. The maximum atomic E-state index is 12.3. The fourth-order valence-corrected chi connectivity index (χ4v) is 3.18. The van der Waals surface area contributed by atoms with Crippen molar-refractivity contribution in [3.05, 3.63) is 29.8 Å². The van der Waals surface area contributed by atoms with Crippen molar-refractivity contribution in [1.29, 1.82) is 0 Å². The molecule has 0 heterocycles. The molecule has 0 aromatic heterocycles. The Kier molecular flexibility index (Phi) is 7.05. The molecule has 0 N–H and O–H groups in total. The Hall–Kier alpha value is -1.20. The first kappa shape index (κ1) is 17.9. The van der Waals surface area contributed by atoms with E-state index in [1.807, 2.05) is 13.8 Å². The highest BCUT2D eigenvalue weighted by Crippen LogP contribution is 2.17. The summed E-state index contributed by atoms with van der Waals surface area (Å²) in [6, 6.07) is 6.27. The third-order valence-electron chi connectivity index (χ3n) is 3.47. The van der Waals surface area contributed by atoms with E-state index in [2.05, 4.69) is 0 Å². The van der Waals surface area contributed by atoms with Crippen LogP contribution in [-0.4, -0.2) is 32.1 Å². The van der Waals surface area contributed by atoms with E-state index in [9.17, 15) is 13.2 Å². The highest BCUT2D eigenvalue weighted by Gasteiger charge is 2.20. The van der Waals surface area contributed by atoms with Crippen molar-refractivity contribution in [2.75, 3.05) is 13.6 Å². The first-order valence-electron chi connectivity index (χ1n) is 7.53. The molecule has 0 spiro atoms. The predicted octanol–water partition coefficient (Wildman–Crippen LogP) is 3.48. The lowest BCUT2D eigenvalue weighted by atomic mass is 10.1. The molecular weight excluding hydrogens is 286 g/mol. The molecule has 0 amide bonds. The Labute approximate surface area is 128 Å². The molecule has 118 valence electrons. The van der Waals surface area contributed by atoms with E-state index in [1.54, 1.807) is 19.2 Å². The third-order valence-corrected chi connectivity index (χ3v) is 5.34. The van der Waals surface area contributed by atoms with E-state index in [0.717, 1.165) is 25.7 Å². The maximum absolute atomic E-state index is 12.3. The molecule has 1 aromatic rings. The number of ketones is 1. The largest absolute Gasteiger partial charge is 0.294 e. The standard InChI is InChI=1S/C16H25NO3S/c1-4-6-8-16(18)14-9-11-15(12-10-14)21(19,20)17(3)13-7-5-2/h9-12H,4-8,13H2,1-3H3. The van der Waals surface area contributed by atoms with Crippen molar-refractivity contribution in [1.82, 2.24) is 4.31 Å². The summed E-state index contributed by atoms with van der Waals surface area (Å²) in [5.41, 5.74) is 0.582. The van der Waals surface area contributed by atoms with Crippen LogP contribution in [0.15, 0.2) is 29.2 Å². The molecule has 1 aromatic carbocycles. The summed E-state index contributed by atoms with van der Waals surface area (Å²) >= 11 is 0. The lowest BCUT2D eigenvalue weighted by Gasteiger charge is -2.16. The van der Waals surface area contributed by atoms with Crippen molar-refractivity contribution in [3.63, 3.8) is 0 Å². The fraction of sp³-hybridized carbons (Fsp3) is 0.562. The van der Waals surface area contributed by atoms with Crippen LogP contribution in [0.4, 0.5) is 0 Å². The first-order chi connectivity index (χ1) is 9.93. The SMILES string of the molecule is CCCCC(=O)c1ccc(S(=O)(=O)N(C)CCCC)cc1. The van der Waals surface area contributed by atoms with Crippen molar-refractivity contribution < 1.29 is 13.2 Å². The Bertz CT molecular complexity index is 549. The number of unbranched alkanes of at least 4 members (excludes halogenated alkanes) is 2. The molecule has 0 bridgehead atoms. The summed E-state index contributed by atoms with van der Waals surface area (Å²) in [4.78, 5) is 12.1. The minimum atomic E-state index is -3.45. The number of rotatable bonds is 9. The maximum Gasteiger partial charge on any atom is 0.242 e. The number of nitrogens with zero attached hydrogens (tertiary/aromatic N) is 1. The van der Waals surface area contributed by atoms with Gasteiger partial charge in [-0.1, -0.05) is 38.8 Å². The van der Waals surface area contributed by atoms with Gasteiger partial charge in [0.05, 0.1) is 4.90 Å². The van der Waals surface area contributed by atoms with Gasteiger partial charge in [-0.15, -0.1) is 0 Å². The number of benzene rings is 1. The second-order valence-electron chi connectivity index (χ2n) is 5.23. The quantitative estimate of drug-likeness (QED) is 0.656. The van der Waals surface area contributed by atoms with Crippen LogP contribution in [-0.2, 0) is 10.0 Å². The van der Waals surface area contributed by atoms with Gasteiger partial charge >= 0.3 is 0 Å². The molecule has 0 atom stereocenters. The molecule has 1 rings (SSSR count). The zero-order chi connectivity index (χ0) is 15.9. The first-order valence-corrected chi connectivity index (χ1v) is 8.97. The molecule has 0 aliphatic heterocycles. The molecule has 0 fully saturated rings. The second-order valence-corrected chi connectivity index (χ2v) is 7.28. The van der Waals surface area contributed by atoms with E-state index in [4.69, 9.17) is 0 Å². The summed E-state index contributed by atoms with van der Waals surface area (Å²) in [7, 11) is -1.86. The van der Waals surface area contributed by atoms with Gasteiger partial charge in [0.15, 0.2) is 5.78 Å². The summed E-state index contributed by atoms with van der Waals surface area (Å²) < 4.78 is 26.0. The van der Waals surface area contributed by atoms with Crippen molar-refractivity contribution in [3.8, 4) is 0 Å². The van der Waals surface area contributed by atoms with Gasteiger partial charge in [0.25, 0.3) is 0 Å². The molecular formula is C16H25NO3S. The molecule has 0 saturated carbocycles. The number of sulfonamides is 1. The topological polar surface area (TPSA) is 54.5 Å². The molecule has 5 heteroatoms. The normalized spacial score (nSPS) is 11.8. The van der Waals surface area contributed by atoms with Gasteiger partial charge in [-0.3, -0.25) is 4.79 Å². The van der Waals surface area contributed by atoms with Gasteiger partial charge in [0.1, 0.15) is 0 Å². The van der Waals surface area contributed by atoms with Gasteiger partial charge < -0.3 is 0 Å². The van der Waals surface area contributed by atoms with Crippen LogP contribution in [0.5, 0.6) is 0 Å². The Morgan fingerprint density at radius 3 is 2.14 bits per heavy atom. The van der Waals surface area contributed by atoms with Crippen LogP contribution in [0.25, 0.3) is 0 Å². The van der Waals surface area contributed by atoms with Gasteiger partial charge in [-0.25, -0.2) is 12.7 Å². The minimum absolute atomic E-state index is 0.0696. The number of carbonyl (C=O) groups is 1. The third kappa shape index (κ3) is 4.93. The van der Waals surface area contributed by atoms with Crippen LogP contribution >= 0.6 is 0 Å². The zero-order valence-electron chi connectivity index (χ0n) is 13.1. The van der Waals surface area contributed by atoms with Crippen LogP contribution in [0.3, 0.4) is 0 Å². The molecule has 4 nitrogen and oxygen atoms in total. The fourth-order valence-electron chi connectivity index (χ4n) is 1.98. The molecule has 0 radical (unpaired) electrons. The van der Waals surface area contributed by atoms with E-state index < -0.39 is 10.0 Å². The number of hydrogen-bond donors (Lipinski definition) is 0. The Morgan fingerprint density at radius 1 is 1.05 bits per heavy atom. The van der Waals surface area contributed by atoms with Gasteiger partial charge in [0, 0.05) is 25.6 Å². The van der Waals surface area contributed by atoms with Crippen LogP contribution < -0.4 is 0 Å². The highest BCUT2D eigenvalue weighted by atomic mass is 32.2. The van der Waals surface area contributed by atoms with Crippen LogP contribution in [0, 0.1) is 0 Å². The summed E-state index contributed by atoms with van der Waals surface area (Å²) in [5.74, 6) is 0.0696. The highest BCUT2D eigenvalue weighted by molar-refractivity contribution is 7.89. The monoisotopic (exact) mass is 311 g/mol. The molecule has 0 aliphatic rings. The molecule has 0 saturated heterocycles. The van der Waals surface area contributed by atoms with E-state index in [-0.39, 0.29) is 10.7 Å². The molecule has 0 aliphatic carbocycles. The van der Waals surface area contributed by atoms with Gasteiger partial charge in [-0.05, 0) is 25.0 Å². The summed E-state index contributed by atoms with van der Waals surface area (Å²) in [5, 5.41) is 0. The lowest BCUT2D eigenvalue weighted by Crippen LogP contribution is -2.27. The smallest absolute Gasteiger partial charge is 0.242 e. The Balaban J connectivity index is 2.83. The van der Waals surface area contributed by atoms with Crippen molar-refractivity contribution in [2.24, 2.45) is 0 Å². The summed E-state index contributed by atoms with van der Waals surface area (Å²) in [6.45, 7) is 4.57. The average Bonchev–Trinajstić information content (AvgIpc) is 2.50.